The number of ether oxygens (including phenoxy) is 1. The van der Waals surface area contributed by atoms with Crippen LogP contribution in [0.5, 0.6) is 5.75 Å². The first-order chi connectivity index (χ1) is 17.8. The Kier molecular flexibility index (Phi) is 8.49. The maximum Gasteiger partial charge on any atom is 0.201 e. The van der Waals surface area contributed by atoms with Crippen molar-refractivity contribution in [2.75, 3.05) is 6.61 Å². The molecule has 3 aromatic rings. The van der Waals surface area contributed by atoms with E-state index < -0.39 is 29.4 Å². The van der Waals surface area contributed by atoms with Crippen LogP contribution in [-0.4, -0.2) is 11.7 Å². The summed E-state index contributed by atoms with van der Waals surface area (Å²) in [6, 6.07) is 12.9. The van der Waals surface area contributed by atoms with E-state index >= 15 is 0 Å². The molecule has 0 saturated heterocycles. The van der Waals surface area contributed by atoms with Gasteiger partial charge in [-0.15, -0.1) is 0 Å². The smallest absolute Gasteiger partial charge is 0.201 e. The van der Waals surface area contributed by atoms with Gasteiger partial charge >= 0.3 is 0 Å². The van der Waals surface area contributed by atoms with Crippen molar-refractivity contribution in [2.45, 2.75) is 45.1 Å². The number of aliphatic hydroxyl groups excluding tert-OH is 1. The van der Waals surface area contributed by atoms with Gasteiger partial charge < -0.3 is 9.84 Å². The van der Waals surface area contributed by atoms with E-state index in [0.29, 0.717) is 42.4 Å². The highest BCUT2D eigenvalue weighted by molar-refractivity contribution is 5.68. The minimum atomic E-state index is -1.01. The number of aryl methyl sites for hydroxylation is 1. The average molecular weight is 511 g/mol. The minimum Gasteiger partial charge on any atom is -0.486 e. The maximum atomic E-state index is 14.9. The van der Waals surface area contributed by atoms with Gasteiger partial charge in [-0.05, 0) is 79.3 Å². The number of benzene rings is 3. The van der Waals surface area contributed by atoms with E-state index in [0.717, 1.165) is 12.0 Å². The fraction of sp³-hybridized carbons (Fsp3) is 0.290. The average Bonchev–Trinajstić information content (AvgIpc) is 2.91. The lowest BCUT2D eigenvalue weighted by Crippen LogP contribution is -2.09. The molecule has 3 aromatic carbocycles. The molecule has 0 fully saturated rings. The second kappa shape index (κ2) is 11.8. The molecule has 1 N–H and O–H groups in total. The highest BCUT2D eigenvalue weighted by Gasteiger charge is 2.22. The predicted molar refractivity (Wildman–Crippen MR) is 138 cm³/mol. The largest absolute Gasteiger partial charge is 0.486 e. The van der Waals surface area contributed by atoms with Crippen LogP contribution in [-0.2, 0) is 6.42 Å². The molecule has 6 heteroatoms. The zero-order valence-corrected chi connectivity index (χ0v) is 20.7. The molecule has 0 aromatic heterocycles. The number of rotatable bonds is 9. The molecule has 0 heterocycles. The highest BCUT2D eigenvalue weighted by Crippen LogP contribution is 2.36. The van der Waals surface area contributed by atoms with Crippen molar-refractivity contribution in [1.29, 1.82) is 0 Å². The van der Waals surface area contributed by atoms with Gasteiger partial charge in [0.25, 0.3) is 0 Å². The lowest BCUT2D eigenvalue weighted by Gasteiger charge is -2.23. The molecule has 194 valence electrons. The minimum absolute atomic E-state index is 0.0877. The molecule has 0 aliphatic heterocycles. The summed E-state index contributed by atoms with van der Waals surface area (Å²) in [6.07, 6.45) is 5.76. The van der Waals surface area contributed by atoms with Crippen LogP contribution < -0.4 is 4.74 Å². The van der Waals surface area contributed by atoms with E-state index in [4.69, 9.17) is 4.74 Å². The zero-order valence-electron chi connectivity index (χ0n) is 20.7. The lowest BCUT2D eigenvalue weighted by molar-refractivity contribution is 0.199. The first-order valence-corrected chi connectivity index (χ1v) is 12.5. The topological polar surface area (TPSA) is 29.5 Å². The molecule has 0 amide bonds. The van der Waals surface area contributed by atoms with Gasteiger partial charge in [-0.3, -0.25) is 0 Å². The van der Waals surface area contributed by atoms with Crippen molar-refractivity contribution in [1.82, 2.24) is 0 Å². The van der Waals surface area contributed by atoms with Gasteiger partial charge in [0.15, 0.2) is 23.2 Å². The molecule has 0 bridgehead atoms. The lowest BCUT2D eigenvalue weighted by atomic mass is 9.83. The van der Waals surface area contributed by atoms with E-state index in [1.54, 1.807) is 43.3 Å². The highest BCUT2D eigenvalue weighted by atomic mass is 19.2. The second-order valence-corrected chi connectivity index (χ2v) is 9.45. The van der Waals surface area contributed by atoms with Gasteiger partial charge in [0, 0.05) is 11.1 Å². The molecular formula is C31H30F4O2. The molecule has 1 aliphatic rings. The van der Waals surface area contributed by atoms with Crippen molar-refractivity contribution >= 4 is 5.57 Å². The Morgan fingerprint density at radius 3 is 2.30 bits per heavy atom. The van der Waals surface area contributed by atoms with Gasteiger partial charge in [-0.1, -0.05) is 55.1 Å². The van der Waals surface area contributed by atoms with Gasteiger partial charge in [0.05, 0.1) is 6.10 Å². The Balaban J connectivity index is 1.40. The summed E-state index contributed by atoms with van der Waals surface area (Å²) in [6.45, 7) is 5.23. The summed E-state index contributed by atoms with van der Waals surface area (Å²) < 4.78 is 63.8. The van der Waals surface area contributed by atoms with Crippen molar-refractivity contribution < 1.29 is 27.4 Å². The quantitative estimate of drug-likeness (QED) is 0.232. The Bertz CT molecular complexity index is 1300. The zero-order chi connectivity index (χ0) is 26.5. The first kappa shape index (κ1) is 26.7. The van der Waals surface area contributed by atoms with Crippen LogP contribution >= 0.6 is 0 Å². The summed E-state index contributed by atoms with van der Waals surface area (Å²) in [5.74, 6) is -3.58. The third-order valence-corrected chi connectivity index (χ3v) is 6.96. The summed E-state index contributed by atoms with van der Waals surface area (Å²) in [7, 11) is 0. The standard InChI is InChI=1S/C31H30F4O2/c1-3-18-37-27-17-16-26(30(34)31(27)35)22-7-4-20(5-8-22)6-9-24-14-15-25(29(33)28(24)32)23-12-10-21(11-13-23)19(2)36/h3,7,10-17,19-20,36H,1,4-6,8-9,18H2,2H3. The molecule has 37 heavy (non-hydrogen) atoms. The van der Waals surface area contributed by atoms with E-state index in [1.807, 2.05) is 6.08 Å². The fourth-order valence-electron chi connectivity index (χ4n) is 4.74. The predicted octanol–water partition coefficient (Wildman–Crippen LogP) is 8.34. The maximum absolute atomic E-state index is 14.9. The van der Waals surface area contributed by atoms with Crippen molar-refractivity contribution in [2.24, 2.45) is 5.92 Å². The third-order valence-electron chi connectivity index (χ3n) is 6.96. The molecular weight excluding hydrogens is 480 g/mol. The van der Waals surface area contributed by atoms with Crippen molar-refractivity contribution in [3.05, 3.63) is 107 Å². The molecule has 4 rings (SSSR count). The number of hydrogen-bond donors (Lipinski definition) is 1. The molecule has 0 radical (unpaired) electrons. The fourth-order valence-corrected chi connectivity index (χ4v) is 4.74. The summed E-state index contributed by atoms with van der Waals surface area (Å²) >= 11 is 0. The molecule has 2 nitrogen and oxygen atoms in total. The molecule has 2 atom stereocenters. The van der Waals surface area contributed by atoms with Gasteiger partial charge in [-0.2, -0.15) is 4.39 Å². The van der Waals surface area contributed by atoms with Crippen LogP contribution in [0.25, 0.3) is 16.7 Å². The summed E-state index contributed by atoms with van der Waals surface area (Å²) in [5.41, 5.74) is 2.71. The number of aliphatic hydroxyl groups is 1. The molecule has 1 aliphatic carbocycles. The first-order valence-electron chi connectivity index (χ1n) is 12.5. The molecule has 0 spiro atoms. The van der Waals surface area contributed by atoms with Gasteiger partial charge in [0.1, 0.15) is 6.61 Å². The number of hydrogen-bond acceptors (Lipinski definition) is 2. The normalized spacial score (nSPS) is 16.3. The molecule has 0 saturated carbocycles. The Labute approximate surface area is 214 Å². The van der Waals surface area contributed by atoms with Crippen molar-refractivity contribution in [3.63, 3.8) is 0 Å². The third kappa shape index (κ3) is 5.96. The van der Waals surface area contributed by atoms with E-state index in [9.17, 15) is 22.7 Å². The van der Waals surface area contributed by atoms with Gasteiger partial charge in [-0.25, -0.2) is 13.2 Å². The molecule has 2 unspecified atom stereocenters. The summed E-state index contributed by atoms with van der Waals surface area (Å²) in [4.78, 5) is 0. The van der Waals surface area contributed by atoms with Crippen LogP contribution in [0.3, 0.4) is 0 Å². The van der Waals surface area contributed by atoms with Crippen LogP contribution in [0.4, 0.5) is 17.6 Å². The Morgan fingerprint density at radius 2 is 1.65 bits per heavy atom. The van der Waals surface area contributed by atoms with Crippen molar-refractivity contribution in [3.8, 4) is 16.9 Å². The Hall–Kier alpha value is -3.38. The summed E-state index contributed by atoms with van der Waals surface area (Å²) in [5, 5.41) is 9.64. The van der Waals surface area contributed by atoms with Crippen LogP contribution in [0.1, 0.15) is 55.4 Å². The monoisotopic (exact) mass is 510 g/mol. The van der Waals surface area contributed by atoms with Crippen LogP contribution in [0.2, 0.25) is 0 Å². The van der Waals surface area contributed by atoms with Gasteiger partial charge in [0.2, 0.25) is 5.82 Å². The SMILES string of the molecule is C=CCOc1ccc(C2=CCC(CCc3ccc(-c4ccc(C(C)O)cc4)c(F)c3F)CC2)c(F)c1F. The van der Waals surface area contributed by atoms with E-state index in [1.165, 1.54) is 18.2 Å². The van der Waals surface area contributed by atoms with E-state index in [-0.39, 0.29) is 29.4 Å². The Morgan fingerprint density at radius 1 is 0.946 bits per heavy atom. The number of allylic oxidation sites excluding steroid dienone is 2. The van der Waals surface area contributed by atoms with E-state index in [2.05, 4.69) is 6.58 Å². The second-order valence-electron chi connectivity index (χ2n) is 9.45. The van der Waals surface area contributed by atoms with Crippen LogP contribution in [0, 0.1) is 29.2 Å². The number of halogens is 4. The van der Waals surface area contributed by atoms with Crippen LogP contribution in [0.15, 0.2) is 67.3 Å².